The molecule has 0 spiro atoms. The summed E-state index contributed by atoms with van der Waals surface area (Å²) in [6.07, 6.45) is 7.70. The van der Waals surface area contributed by atoms with E-state index in [2.05, 4.69) is 10.6 Å². The Bertz CT molecular complexity index is 899. The van der Waals surface area contributed by atoms with Crippen molar-refractivity contribution in [2.75, 3.05) is 11.9 Å². The van der Waals surface area contributed by atoms with Gasteiger partial charge in [-0.1, -0.05) is 43.4 Å². The molecule has 1 heterocycles. The molecule has 2 amide bonds. The standard InChI is InChI=1S/C25H30N2O3/c1-17-8-10-18(11-9-17)24(28)27-22-12-13-23-19(15-22)14-20(16-30-23)25(29)26-21-6-4-2-3-5-7-21/h8-13,15,20-21H,2-7,14,16H2,1H3,(H,26,29)(H,27,28)/t20-/m0/s1. The number of ether oxygens (including phenoxy) is 1. The van der Waals surface area contributed by atoms with E-state index in [1.54, 1.807) is 0 Å². The quantitative estimate of drug-likeness (QED) is 0.727. The second kappa shape index (κ2) is 9.33. The number of benzene rings is 2. The van der Waals surface area contributed by atoms with Gasteiger partial charge in [0.25, 0.3) is 5.91 Å². The zero-order chi connectivity index (χ0) is 20.9. The summed E-state index contributed by atoms with van der Waals surface area (Å²) in [7, 11) is 0. The molecule has 0 bridgehead atoms. The molecule has 2 N–H and O–H groups in total. The highest BCUT2D eigenvalue weighted by molar-refractivity contribution is 6.04. The van der Waals surface area contributed by atoms with E-state index in [0.29, 0.717) is 30.3 Å². The summed E-state index contributed by atoms with van der Waals surface area (Å²) in [4.78, 5) is 25.3. The summed E-state index contributed by atoms with van der Waals surface area (Å²) >= 11 is 0. The number of hydrogen-bond donors (Lipinski definition) is 2. The lowest BCUT2D eigenvalue weighted by molar-refractivity contribution is -0.127. The van der Waals surface area contributed by atoms with E-state index in [1.165, 1.54) is 25.7 Å². The first kappa shape index (κ1) is 20.5. The Labute approximate surface area is 178 Å². The number of nitrogens with one attached hydrogen (secondary N) is 2. The fraction of sp³-hybridized carbons (Fsp3) is 0.440. The summed E-state index contributed by atoms with van der Waals surface area (Å²) in [6, 6.07) is 13.4. The highest BCUT2D eigenvalue weighted by Gasteiger charge is 2.28. The molecular weight excluding hydrogens is 376 g/mol. The summed E-state index contributed by atoms with van der Waals surface area (Å²) in [5.41, 5.74) is 3.41. The normalized spacial score (nSPS) is 19.2. The van der Waals surface area contributed by atoms with Gasteiger partial charge in [0.1, 0.15) is 12.4 Å². The van der Waals surface area contributed by atoms with E-state index in [1.807, 2.05) is 49.4 Å². The minimum Gasteiger partial charge on any atom is -0.492 e. The lowest BCUT2D eigenvalue weighted by Gasteiger charge is -2.27. The van der Waals surface area contributed by atoms with Crippen LogP contribution in [-0.4, -0.2) is 24.5 Å². The molecule has 2 aromatic rings. The SMILES string of the molecule is Cc1ccc(C(=O)Nc2ccc3c(c2)C[C@H](C(=O)NC2CCCCCC2)CO3)cc1. The predicted octanol–water partition coefficient (Wildman–Crippen LogP) is 4.64. The van der Waals surface area contributed by atoms with Crippen molar-refractivity contribution in [1.29, 1.82) is 0 Å². The van der Waals surface area contributed by atoms with Crippen molar-refractivity contribution in [3.8, 4) is 5.75 Å². The van der Waals surface area contributed by atoms with Crippen molar-refractivity contribution in [3.05, 3.63) is 59.2 Å². The van der Waals surface area contributed by atoms with Gasteiger partial charge in [0.05, 0.1) is 5.92 Å². The van der Waals surface area contributed by atoms with E-state index in [9.17, 15) is 9.59 Å². The van der Waals surface area contributed by atoms with Crippen molar-refractivity contribution in [2.45, 2.75) is 57.9 Å². The Morgan fingerprint density at radius 2 is 1.70 bits per heavy atom. The van der Waals surface area contributed by atoms with Gasteiger partial charge in [-0.05, 0) is 62.1 Å². The minimum absolute atomic E-state index is 0.0849. The van der Waals surface area contributed by atoms with Crippen molar-refractivity contribution < 1.29 is 14.3 Å². The molecule has 0 radical (unpaired) electrons. The second-order valence-corrected chi connectivity index (χ2v) is 8.55. The first-order chi connectivity index (χ1) is 14.6. The number of fused-ring (bicyclic) bond motifs is 1. The van der Waals surface area contributed by atoms with Gasteiger partial charge in [0.15, 0.2) is 0 Å². The van der Waals surface area contributed by atoms with E-state index >= 15 is 0 Å². The number of aryl methyl sites for hydroxylation is 1. The summed E-state index contributed by atoms with van der Waals surface area (Å²) in [5.74, 6) is 0.543. The predicted molar refractivity (Wildman–Crippen MR) is 118 cm³/mol. The van der Waals surface area contributed by atoms with Gasteiger partial charge in [0, 0.05) is 17.3 Å². The van der Waals surface area contributed by atoms with Crippen LogP contribution in [0.4, 0.5) is 5.69 Å². The third-order valence-corrected chi connectivity index (χ3v) is 6.11. The molecule has 158 valence electrons. The highest BCUT2D eigenvalue weighted by Crippen LogP contribution is 2.30. The summed E-state index contributed by atoms with van der Waals surface area (Å²) in [6.45, 7) is 2.40. The van der Waals surface area contributed by atoms with Crippen LogP contribution in [0.5, 0.6) is 5.75 Å². The first-order valence-corrected chi connectivity index (χ1v) is 11.0. The van der Waals surface area contributed by atoms with Crippen molar-refractivity contribution in [2.24, 2.45) is 5.92 Å². The van der Waals surface area contributed by atoms with Crippen LogP contribution >= 0.6 is 0 Å². The van der Waals surface area contributed by atoms with Crippen LogP contribution < -0.4 is 15.4 Å². The average molecular weight is 407 g/mol. The van der Waals surface area contributed by atoms with Crippen molar-refractivity contribution in [3.63, 3.8) is 0 Å². The van der Waals surface area contributed by atoms with E-state index in [4.69, 9.17) is 4.74 Å². The largest absolute Gasteiger partial charge is 0.492 e. The van der Waals surface area contributed by atoms with Crippen molar-refractivity contribution in [1.82, 2.24) is 5.32 Å². The lowest BCUT2D eigenvalue weighted by atomic mass is 9.95. The third kappa shape index (κ3) is 5.02. The van der Waals surface area contributed by atoms with Crippen LogP contribution in [0.25, 0.3) is 0 Å². The molecule has 5 nitrogen and oxygen atoms in total. The molecule has 1 fully saturated rings. The van der Waals surface area contributed by atoms with E-state index in [0.717, 1.165) is 29.7 Å². The van der Waals surface area contributed by atoms with E-state index < -0.39 is 0 Å². The Hall–Kier alpha value is -2.82. The molecule has 1 atom stereocenters. The molecule has 2 aromatic carbocycles. The van der Waals surface area contributed by atoms with Crippen molar-refractivity contribution >= 4 is 17.5 Å². The summed E-state index contributed by atoms with van der Waals surface area (Å²) < 4.78 is 5.86. The Morgan fingerprint density at radius 1 is 0.967 bits per heavy atom. The van der Waals surface area contributed by atoms with Crippen LogP contribution in [0.15, 0.2) is 42.5 Å². The fourth-order valence-electron chi connectivity index (χ4n) is 4.29. The maximum Gasteiger partial charge on any atom is 0.255 e. The first-order valence-electron chi connectivity index (χ1n) is 11.0. The molecular formula is C25H30N2O3. The molecule has 1 aliphatic heterocycles. The monoisotopic (exact) mass is 406 g/mol. The maximum atomic E-state index is 12.8. The number of carbonyl (C=O) groups excluding carboxylic acids is 2. The smallest absolute Gasteiger partial charge is 0.255 e. The van der Waals surface area contributed by atoms with Crippen LogP contribution in [0.3, 0.4) is 0 Å². The molecule has 2 aliphatic rings. The topological polar surface area (TPSA) is 67.4 Å². The molecule has 4 rings (SSSR count). The molecule has 0 saturated heterocycles. The van der Waals surface area contributed by atoms with Gasteiger partial charge in [-0.2, -0.15) is 0 Å². The zero-order valence-corrected chi connectivity index (χ0v) is 17.6. The lowest BCUT2D eigenvalue weighted by Crippen LogP contribution is -2.42. The average Bonchev–Trinajstić information content (AvgIpc) is 3.02. The molecule has 0 unspecified atom stereocenters. The number of amides is 2. The number of rotatable bonds is 4. The van der Waals surface area contributed by atoms with Crippen LogP contribution in [-0.2, 0) is 11.2 Å². The van der Waals surface area contributed by atoms with Crippen LogP contribution in [0, 0.1) is 12.8 Å². The van der Waals surface area contributed by atoms with Gasteiger partial charge in [-0.15, -0.1) is 0 Å². The number of carbonyl (C=O) groups is 2. The summed E-state index contributed by atoms with van der Waals surface area (Å²) in [5, 5.41) is 6.19. The molecule has 1 aliphatic carbocycles. The van der Waals surface area contributed by atoms with Gasteiger partial charge in [-0.3, -0.25) is 9.59 Å². The van der Waals surface area contributed by atoms with Gasteiger partial charge in [0.2, 0.25) is 5.91 Å². The fourth-order valence-corrected chi connectivity index (χ4v) is 4.29. The Balaban J connectivity index is 1.39. The second-order valence-electron chi connectivity index (χ2n) is 8.55. The zero-order valence-electron chi connectivity index (χ0n) is 17.6. The van der Waals surface area contributed by atoms with Gasteiger partial charge < -0.3 is 15.4 Å². The third-order valence-electron chi connectivity index (χ3n) is 6.11. The maximum absolute atomic E-state index is 12.8. The van der Waals surface area contributed by atoms with Crippen LogP contribution in [0.1, 0.15) is 60.0 Å². The van der Waals surface area contributed by atoms with Crippen LogP contribution in [0.2, 0.25) is 0 Å². The Kier molecular flexibility index (Phi) is 6.36. The Morgan fingerprint density at radius 3 is 2.43 bits per heavy atom. The molecule has 5 heteroatoms. The molecule has 30 heavy (non-hydrogen) atoms. The molecule has 0 aromatic heterocycles. The molecule has 1 saturated carbocycles. The number of hydrogen-bond acceptors (Lipinski definition) is 3. The van der Waals surface area contributed by atoms with E-state index in [-0.39, 0.29) is 17.7 Å². The van der Waals surface area contributed by atoms with Gasteiger partial charge in [-0.25, -0.2) is 0 Å². The number of anilines is 1. The highest BCUT2D eigenvalue weighted by atomic mass is 16.5. The minimum atomic E-state index is -0.191. The van der Waals surface area contributed by atoms with Gasteiger partial charge >= 0.3 is 0 Å².